The van der Waals surface area contributed by atoms with Gasteiger partial charge in [-0.1, -0.05) is 115 Å². The van der Waals surface area contributed by atoms with Crippen LogP contribution < -0.4 is 18.9 Å². The number of aromatic nitrogens is 2. The molecule has 4 aliphatic rings. The molecule has 0 spiro atoms. The van der Waals surface area contributed by atoms with E-state index in [2.05, 4.69) is 108 Å². The van der Waals surface area contributed by atoms with Crippen LogP contribution in [0.25, 0.3) is 22.5 Å². The fourth-order valence-corrected chi connectivity index (χ4v) is 9.60. The van der Waals surface area contributed by atoms with Gasteiger partial charge >= 0.3 is 18.9 Å². The summed E-state index contributed by atoms with van der Waals surface area (Å²) in [7, 11) is 0. The van der Waals surface area contributed by atoms with Crippen molar-refractivity contribution in [3.63, 3.8) is 0 Å². The summed E-state index contributed by atoms with van der Waals surface area (Å²) in [6.07, 6.45) is 14.1. The van der Waals surface area contributed by atoms with E-state index in [4.69, 9.17) is 0 Å². The Morgan fingerprint density at radius 2 is 1.17 bits per heavy atom. The maximum absolute atomic E-state index is 12.9. The summed E-state index contributed by atoms with van der Waals surface area (Å²) in [6.45, 7) is 15.0. The second-order valence-corrected chi connectivity index (χ2v) is 16.1. The number of likely N-dealkylation sites (tertiary alicyclic amines) is 2. The maximum Gasteiger partial charge on any atom is 1.00 e. The Kier molecular flexibility index (Phi) is 14.3. The first-order valence-electron chi connectivity index (χ1n) is 19.9. The zero-order valence-corrected chi connectivity index (χ0v) is 32.4. The van der Waals surface area contributed by atoms with Crippen LogP contribution >= 0.6 is 0 Å². The van der Waals surface area contributed by atoms with Crippen LogP contribution in [0.15, 0.2) is 97.3 Å². The number of amides is 1. The van der Waals surface area contributed by atoms with Crippen molar-refractivity contribution in [1.82, 2.24) is 19.8 Å². The number of pyridine rings is 2. The normalized spacial score (nSPS) is 26.4. The van der Waals surface area contributed by atoms with Gasteiger partial charge in [0.1, 0.15) is 0 Å². The molecule has 5 nitrogen and oxygen atoms in total. The molecule has 4 fully saturated rings. The van der Waals surface area contributed by atoms with Crippen LogP contribution in [-0.4, -0.2) is 75.8 Å². The second kappa shape index (κ2) is 18.3. The van der Waals surface area contributed by atoms with Crippen molar-refractivity contribution in [2.45, 2.75) is 89.9 Å². The zero-order valence-electron chi connectivity index (χ0n) is 33.4. The van der Waals surface area contributed by atoms with Crippen molar-refractivity contribution in [3.05, 3.63) is 108 Å². The van der Waals surface area contributed by atoms with E-state index in [1.54, 1.807) is 0 Å². The Hall–Kier alpha value is -2.70. The van der Waals surface area contributed by atoms with E-state index in [1.807, 2.05) is 36.7 Å². The van der Waals surface area contributed by atoms with E-state index in [-0.39, 0.29) is 49.0 Å². The van der Waals surface area contributed by atoms with E-state index in [0.29, 0.717) is 17.2 Å². The maximum atomic E-state index is 12.9. The molecule has 2 aliphatic heterocycles. The quantitative estimate of drug-likeness (QED) is 0.123. The second-order valence-electron chi connectivity index (χ2n) is 16.1. The summed E-state index contributed by atoms with van der Waals surface area (Å²) < 4.78 is 0. The van der Waals surface area contributed by atoms with Gasteiger partial charge in [-0.25, -0.2) is 0 Å². The molecule has 8 rings (SSSR count). The molecule has 53 heavy (non-hydrogen) atoms. The average Bonchev–Trinajstić information content (AvgIpc) is 3.73. The van der Waals surface area contributed by atoms with Gasteiger partial charge in [0.2, 0.25) is 5.91 Å². The summed E-state index contributed by atoms with van der Waals surface area (Å²) in [6, 6.07) is 29.9. The SMILES string of the molecule is CCCCCCN1CC2C(C1)C2(C)c1cccc(-c2ccccn2)c1.CCCCCCN1CC2C(C1=O)C2(C)c1cccc(-c2ccccn2)c1.[AlH3].[H-].[Li+]. The van der Waals surface area contributed by atoms with Crippen LogP contribution in [0.2, 0.25) is 0 Å². The van der Waals surface area contributed by atoms with Crippen molar-refractivity contribution in [1.29, 1.82) is 0 Å². The van der Waals surface area contributed by atoms with Gasteiger partial charge in [-0.3, -0.25) is 14.8 Å². The molecule has 0 bridgehead atoms. The van der Waals surface area contributed by atoms with Crippen LogP contribution in [-0.2, 0) is 15.6 Å². The molecule has 7 heteroatoms. The van der Waals surface area contributed by atoms with E-state index in [0.717, 1.165) is 48.3 Å². The molecule has 0 radical (unpaired) electrons. The summed E-state index contributed by atoms with van der Waals surface area (Å²) in [4.78, 5) is 26.7. The van der Waals surface area contributed by atoms with Crippen LogP contribution in [0, 0.1) is 23.7 Å². The number of hydrogen-bond donors (Lipinski definition) is 0. The first-order chi connectivity index (χ1) is 24.9. The molecular formula is C46H62AlLiN4O. The number of nitrogens with zero attached hydrogens (tertiary/aromatic N) is 4. The number of fused-ring (bicyclic) bond motifs is 2. The predicted octanol–water partition coefficient (Wildman–Crippen LogP) is 5.76. The number of carbonyl (C=O) groups is 1. The van der Waals surface area contributed by atoms with Crippen molar-refractivity contribution in [2.24, 2.45) is 23.7 Å². The molecule has 2 aliphatic carbocycles. The first kappa shape index (κ1) is 41.5. The van der Waals surface area contributed by atoms with Gasteiger partial charge in [0, 0.05) is 60.5 Å². The molecule has 2 saturated heterocycles. The third-order valence-electron chi connectivity index (χ3n) is 13.0. The molecule has 1 amide bonds. The van der Waals surface area contributed by atoms with Gasteiger partial charge in [-0.05, 0) is 84.7 Å². The summed E-state index contributed by atoms with van der Waals surface area (Å²) in [5, 5.41) is 0. The monoisotopic (exact) mass is 720 g/mol. The Morgan fingerprint density at radius 3 is 1.64 bits per heavy atom. The Balaban J connectivity index is 0.000000228. The minimum atomic E-state index is 0. The van der Waals surface area contributed by atoms with Gasteiger partial charge < -0.3 is 11.2 Å². The molecule has 0 N–H and O–H groups in total. The molecule has 2 saturated carbocycles. The molecule has 2 aromatic carbocycles. The Morgan fingerprint density at radius 1 is 0.642 bits per heavy atom. The third-order valence-corrected chi connectivity index (χ3v) is 13.0. The number of carbonyl (C=O) groups excluding carboxylic acids is 1. The number of rotatable bonds is 14. The van der Waals surface area contributed by atoms with Crippen molar-refractivity contribution in [2.75, 3.05) is 32.7 Å². The van der Waals surface area contributed by atoms with Gasteiger partial charge in [-0.2, -0.15) is 0 Å². The molecule has 5 unspecified atom stereocenters. The molecule has 4 aromatic rings. The fourth-order valence-electron chi connectivity index (χ4n) is 9.60. The Labute approximate surface area is 343 Å². The largest absolute Gasteiger partial charge is 1.00 e. The smallest absolute Gasteiger partial charge is 1.00 e. The van der Waals surface area contributed by atoms with E-state index in [1.165, 1.54) is 81.3 Å². The van der Waals surface area contributed by atoms with Gasteiger partial charge in [-0.15, -0.1) is 0 Å². The minimum Gasteiger partial charge on any atom is -1.00 e. The molecule has 2 aromatic heterocycles. The van der Waals surface area contributed by atoms with Crippen LogP contribution in [0.4, 0.5) is 0 Å². The number of hydrogen-bond acceptors (Lipinski definition) is 4. The number of unbranched alkanes of at least 4 members (excludes halogenated alkanes) is 6. The molecular weight excluding hydrogens is 658 g/mol. The summed E-state index contributed by atoms with van der Waals surface area (Å²) in [5.41, 5.74) is 7.64. The Bertz CT molecular complexity index is 1770. The minimum absolute atomic E-state index is 0. The number of benzene rings is 2. The predicted molar refractivity (Wildman–Crippen MR) is 220 cm³/mol. The van der Waals surface area contributed by atoms with Gasteiger partial charge in [0.05, 0.1) is 17.3 Å². The van der Waals surface area contributed by atoms with Crippen molar-refractivity contribution < 1.29 is 25.1 Å². The fraction of sp³-hybridized carbons (Fsp3) is 0.500. The van der Waals surface area contributed by atoms with Gasteiger partial charge in [0.15, 0.2) is 17.4 Å². The van der Waals surface area contributed by atoms with E-state index >= 15 is 0 Å². The topological polar surface area (TPSA) is 49.3 Å². The van der Waals surface area contributed by atoms with E-state index in [9.17, 15) is 4.79 Å². The van der Waals surface area contributed by atoms with E-state index < -0.39 is 0 Å². The molecule has 4 heterocycles. The van der Waals surface area contributed by atoms with Crippen LogP contribution in [0.5, 0.6) is 0 Å². The van der Waals surface area contributed by atoms with Crippen molar-refractivity contribution >= 4 is 23.3 Å². The summed E-state index contributed by atoms with van der Waals surface area (Å²) in [5.74, 6) is 2.71. The van der Waals surface area contributed by atoms with Crippen molar-refractivity contribution in [3.8, 4) is 22.5 Å². The molecule has 276 valence electrons. The zero-order chi connectivity index (χ0) is 35.4. The first-order valence-corrected chi connectivity index (χ1v) is 19.9. The number of piperidine rings is 2. The third kappa shape index (κ3) is 8.59. The van der Waals surface area contributed by atoms with Crippen LogP contribution in [0.3, 0.4) is 0 Å². The van der Waals surface area contributed by atoms with Crippen LogP contribution in [0.1, 0.15) is 91.6 Å². The summed E-state index contributed by atoms with van der Waals surface area (Å²) >= 11 is 0. The molecule has 5 atom stereocenters. The average molecular weight is 721 g/mol. The standard InChI is InChI=1S/C23H28N2O.C23H30N2.Al.Li.4H/c1-3-4-5-8-14-25-16-19-21(22(25)26)23(19,2)18-11-9-10-17(15-18)20-12-6-7-13-24-20;1-3-4-5-8-14-25-16-20-21(17-25)23(20,2)19-11-9-10-18(15-19)22-12-6-7-13-24-22;;;;;;/h6-7,9-13,15,19,21H,3-5,8,14,16H2,1-2H3;6-7,9-13,15,20-21H,3-5,8,14,16-17H2,1-2H3;;;;;;/q;;;+1;;;;-1. The van der Waals surface area contributed by atoms with Gasteiger partial charge in [0.25, 0.3) is 0 Å².